The van der Waals surface area contributed by atoms with Crippen molar-refractivity contribution >= 4 is 5.95 Å². The fourth-order valence-corrected chi connectivity index (χ4v) is 3.27. The molecule has 0 amide bonds. The minimum atomic E-state index is -0.439. The zero-order chi connectivity index (χ0) is 15.6. The number of rotatable bonds is 3. The summed E-state index contributed by atoms with van der Waals surface area (Å²) in [4.78, 5) is 14.5. The fourth-order valence-electron chi connectivity index (χ4n) is 3.27. The number of anilines is 1. The van der Waals surface area contributed by atoms with Gasteiger partial charge in [-0.3, -0.25) is 0 Å². The summed E-state index contributed by atoms with van der Waals surface area (Å²) >= 11 is 0. The van der Waals surface area contributed by atoms with Crippen LogP contribution in [0.3, 0.4) is 0 Å². The van der Waals surface area contributed by atoms with Gasteiger partial charge in [0, 0.05) is 18.9 Å². The number of nitrogens with zero attached hydrogens (tertiary/aromatic N) is 4. The number of pyridine rings is 1. The van der Waals surface area contributed by atoms with Gasteiger partial charge in [0.05, 0.1) is 25.0 Å². The van der Waals surface area contributed by atoms with Crippen LogP contribution in [0.4, 0.5) is 10.3 Å². The standard InChI is InChI=1S/C16H17FN4O2/c17-11-8-19-16(20-9-11)21-10-13(15-12(21)4-3-7-22-15)23-14-5-1-2-6-18-14/h1-2,5-6,8-9,12-13,15H,3-4,7,10H2/t12-,13+,15+/m0/s1. The number of aromatic nitrogens is 3. The number of ether oxygens (including phenoxy) is 2. The third kappa shape index (κ3) is 2.84. The molecule has 2 saturated heterocycles. The van der Waals surface area contributed by atoms with Gasteiger partial charge in [0.2, 0.25) is 11.8 Å². The molecular formula is C16H17FN4O2. The summed E-state index contributed by atoms with van der Waals surface area (Å²) in [5.74, 6) is 0.650. The molecule has 0 radical (unpaired) electrons. The molecule has 0 N–H and O–H groups in total. The highest BCUT2D eigenvalue weighted by Crippen LogP contribution is 2.33. The van der Waals surface area contributed by atoms with Crippen LogP contribution in [0.1, 0.15) is 12.8 Å². The first-order chi connectivity index (χ1) is 11.3. The molecule has 6 nitrogen and oxygen atoms in total. The molecule has 4 heterocycles. The van der Waals surface area contributed by atoms with Crippen LogP contribution in [-0.2, 0) is 4.74 Å². The van der Waals surface area contributed by atoms with Crippen LogP contribution in [0, 0.1) is 5.82 Å². The predicted octanol–water partition coefficient (Wildman–Crippen LogP) is 1.83. The van der Waals surface area contributed by atoms with Gasteiger partial charge >= 0.3 is 0 Å². The minimum Gasteiger partial charge on any atom is -0.470 e. The second kappa shape index (κ2) is 6.08. The van der Waals surface area contributed by atoms with E-state index in [0.717, 1.165) is 19.4 Å². The SMILES string of the molecule is Fc1cnc(N2C[C@@H](Oc3ccccn3)[C@@H]3OCCC[C@@H]32)nc1. The van der Waals surface area contributed by atoms with Gasteiger partial charge in [-0.2, -0.15) is 0 Å². The van der Waals surface area contributed by atoms with Crippen molar-refractivity contribution in [1.29, 1.82) is 0 Å². The Labute approximate surface area is 133 Å². The molecule has 2 aromatic rings. The first kappa shape index (κ1) is 14.3. The summed E-state index contributed by atoms with van der Waals surface area (Å²) in [5.41, 5.74) is 0. The van der Waals surface area contributed by atoms with Crippen molar-refractivity contribution in [2.75, 3.05) is 18.1 Å². The molecule has 0 spiro atoms. The smallest absolute Gasteiger partial charge is 0.225 e. The van der Waals surface area contributed by atoms with Crippen molar-refractivity contribution in [3.8, 4) is 5.88 Å². The number of hydrogen-bond donors (Lipinski definition) is 0. The number of fused-ring (bicyclic) bond motifs is 1. The molecule has 7 heteroatoms. The van der Waals surface area contributed by atoms with E-state index in [-0.39, 0.29) is 18.2 Å². The molecule has 4 rings (SSSR count). The van der Waals surface area contributed by atoms with Gasteiger partial charge in [-0.1, -0.05) is 6.07 Å². The lowest BCUT2D eigenvalue weighted by atomic mass is 10.0. The Morgan fingerprint density at radius 3 is 2.87 bits per heavy atom. The Balaban J connectivity index is 1.58. The Morgan fingerprint density at radius 1 is 1.22 bits per heavy atom. The first-order valence-electron chi connectivity index (χ1n) is 7.75. The maximum Gasteiger partial charge on any atom is 0.225 e. The lowest BCUT2D eigenvalue weighted by molar-refractivity contribution is -0.0372. The highest BCUT2D eigenvalue weighted by Gasteiger charge is 2.46. The molecule has 120 valence electrons. The Bertz CT molecular complexity index is 655. The van der Waals surface area contributed by atoms with Crippen LogP contribution < -0.4 is 9.64 Å². The molecule has 0 unspecified atom stereocenters. The van der Waals surface area contributed by atoms with Gasteiger partial charge in [0.25, 0.3) is 0 Å². The zero-order valence-corrected chi connectivity index (χ0v) is 12.5. The van der Waals surface area contributed by atoms with E-state index in [9.17, 15) is 4.39 Å². The Hall–Kier alpha value is -2.28. The molecule has 0 saturated carbocycles. The van der Waals surface area contributed by atoms with E-state index < -0.39 is 5.82 Å². The average molecular weight is 316 g/mol. The molecule has 2 aromatic heterocycles. The van der Waals surface area contributed by atoms with Crippen molar-refractivity contribution in [3.63, 3.8) is 0 Å². The molecule has 2 aliphatic heterocycles. The highest BCUT2D eigenvalue weighted by molar-refractivity contribution is 5.36. The van der Waals surface area contributed by atoms with Gasteiger partial charge in [0.1, 0.15) is 12.2 Å². The van der Waals surface area contributed by atoms with E-state index >= 15 is 0 Å². The van der Waals surface area contributed by atoms with E-state index in [1.165, 1.54) is 12.4 Å². The van der Waals surface area contributed by atoms with Crippen LogP contribution in [0.5, 0.6) is 5.88 Å². The molecule has 2 aliphatic rings. The molecule has 0 bridgehead atoms. The lowest BCUT2D eigenvalue weighted by Gasteiger charge is -2.31. The summed E-state index contributed by atoms with van der Waals surface area (Å²) in [7, 11) is 0. The quantitative estimate of drug-likeness (QED) is 0.861. The minimum absolute atomic E-state index is 0.0561. The van der Waals surface area contributed by atoms with E-state index in [1.54, 1.807) is 6.20 Å². The fraction of sp³-hybridized carbons (Fsp3) is 0.438. The summed E-state index contributed by atoms with van der Waals surface area (Å²) in [5, 5.41) is 0. The second-order valence-electron chi connectivity index (χ2n) is 5.72. The largest absolute Gasteiger partial charge is 0.470 e. The molecule has 0 aromatic carbocycles. The predicted molar refractivity (Wildman–Crippen MR) is 80.8 cm³/mol. The van der Waals surface area contributed by atoms with Crippen LogP contribution in [-0.4, -0.2) is 46.4 Å². The summed E-state index contributed by atoms with van der Waals surface area (Å²) < 4.78 is 25.0. The first-order valence-corrected chi connectivity index (χ1v) is 7.75. The maximum atomic E-state index is 13.1. The molecule has 23 heavy (non-hydrogen) atoms. The molecule has 0 aliphatic carbocycles. The zero-order valence-electron chi connectivity index (χ0n) is 12.5. The van der Waals surface area contributed by atoms with Crippen LogP contribution in [0.25, 0.3) is 0 Å². The monoisotopic (exact) mass is 316 g/mol. The summed E-state index contributed by atoms with van der Waals surface area (Å²) in [6.07, 6.45) is 5.83. The van der Waals surface area contributed by atoms with Crippen molar-refractivity contribution in [1.82, 2.24) is 15.0 Å². The van der Waals surface area contributed by atoms with Crippen molar-refractivity contribution in [3.05, 3.63) is 42.6 Å². The summed E-state index contributed by atoms with van der Waals surface area (Å²) in [6, 6.07) is 5.70. The topological polar surface area (TPSA) is 60.4 Å². The van der Waals surface area contributed by atoms with E-state index in [1.807, 2.05) is 18.2 Å². The third-order valence-electron chi connectivity index (χ3n) is 4.25. The highest BCUT2D eigenvalue weighted by atomic mass is 19.1. The van der Waals surface area contributed by atoms with Gasteiger partial charge in [-0.05, 0) is 18.9 Å². The Kier molecular flexibility index (Phi) is 3.78. The van der Waals surface area contributed by atoms with E-state index in [4.69, 9.17) is 9.47 Å². The maximum absolute atomic E-state index is 13.1. The normalized spacial score (nSPS) is 26.8. The van der Waals surface area contributed by atoms with Gasteiger partial charge in [-0.25, -0.2) is 19.3 Å². The summed E-state index contributed by atoms with van der Waals surface area (Å²) in [6.45, 7) is 1.32. The molecule has 3 atom stereocenters. The van der Waals surface area contributed by atoms with Crippen molar-refractivity contribution in [2.45, 2.75) is 31.1 Å². The average Bonchev–Trinajstić information content (AvgIpc) is 2.95. The van der Waals surface area contributed by atoms with Crippen LogP contribution in [0.2, 0.25) is 0 Å². The second-order valence-corrected chi connectivity index (χ2v) is 5.72. The van der Waals surface area contributed by atoms with Gasteiger partial charge in [-0.15, -0.1) is 0 Å². The van der Waals surface area contributed by atoms with Gasteiger partial charge < -0.3 is 14.4 Å². The molecular weight excluding hydrogens is 299 g/mol. The van der Waals surface area contributed by atoms with Gasteiger partial charge in [0.15, 0.2) is 5.82 Å². The van der Waals surface area contributed by atoms with Crippen molar-refractivity contribution in [2.24, 2.45) is 0 Å². The van der Waals surface area contributed by atoms with Crippen molar-refractivity contribution < 1.29 is 13.9 Å². The Morgan fingerprint density at radius 2 is 2.09 bits per heavy atom. The van der Waals surface area contributed by atoms with Crippen LogP contribution in [0.15, 0.2) is 36.8 Å². The van der Waals surface area contributed by atoms with E-state index in [0.29, 0.717) is 18.4 Å². The third-order valence-corrected chi connectivity index (χ3v) is 4.25. The van der Waals surface area contributed by atoms with E-state index in [2.05, 4.69) is 19.9 Å². The van der Waals surface area contributed by atoms with Crippen LogP contribution >= 0.6 is 0 Å². The molecule has 2 fully saturated rings. The number of hydrogen-bond acceptors (Lipinski definition) is 6. The number of halogens is 1. The lowest BCUT2D eigenvalue weighted by Crippen LogP contribution is -2.43.